The van der Waals surface area contributed by atoms with E-state index in [-0.39, 0.29) is 6.42 Å². The van der Waals surface area contributed by atoms with E-state index in [4.69, 9.17) is 0 Å². The highest BCUT2D eigenvalue weighted by atomic mass is 32.3. The van der Waals surface area contributed by atoms with Crippen molar-refractivity contribution >= 4 is 27.9 Å². The first-order valence-electron chi connectivity index (χ1n) is 8.24. The molecule has 0 unspecified atom stereocenters. The lowest BCUT2D eigenvalue weighted by molar-refractivity contribution is -0.458. The van der Waals surface area contributed by atoms with Crippen molar-refractivity contribution in [3.05, 3.63) is 0 Å². The Bertz CT molecular complexity index is 910. The quantitative estimate of drug-likeness (QED) is 0.179. The molecule has 23 heteroatoms. The zero-order valence-corrected chi connectivity index (χ0v) is 18.1. The average Bonchev–Trinajstić information content (AvgIpc) is 2.65. The Hall–Kier alpha value is -1.26. The number of carbonyl (C=O) groups is 1. The summed E-state index contributed by atoms with van der Waals surface area (Å²) < 4.78 is 248. The van der Waals surface area contributed by atoms with Crippen LogP contribution in [0.1, 0.15) is 19.8 Å². The molecule has 0 saturated carbocycles. The molecule has 0 aliphatic rings. The Balaban J connectivity index is 6.57. The van der Waals surface area contributed by atoms with E-state index in [0.29, 0.717) is 0 Å². The minimum atomic E-state index is -8.91. The van der Waals surface area contributed by atoms with Crippen LogP contribution in [-0.2, 0) is 18.5 Å². The monoisotopic (exact) mass is 616 g/mol. The first kappa shape index (κ1) is 34.7. The third kappa shape index (κ3) is 5.06. The van der Waals surface area contributed by atoms with Crippen LogP contribution in [0.3, 0.4) is 0 Å². The summed E-state index contributed by atoms with van der Waals surface area (Å²) in [5.74, 6) is -54.4. The van der Waals surface area contributed by atoms with Crippen molar-refractivity contribution in [1.29, 1.82) is 0 Å². The van der Waals surface area contributed by atoms with Crippen molar-refractivity contribution in [2.45, 2.75) is 66.7 Å². The first-order chi connectivity index (χ1) is 15.5. The summed E-state index contributed by atoms with van der Waals surface area (Å²) in [4.78, 5) is 11.1. The summed E-state index contributed by atoms with van der Waals surface area (Å²) >= 11 is -0.990. The SMILES string of the molecule is CCCC(=O)CSOS(=O)(=O)C(F)(F)C(F)(F)C(F)(F)C(F)(F)C(F)(F)C(F)(F)C(F)(F)C(F)(F)F. The number of halogens is 17. The van der Waals surface area contributed by atoms with Gasteiger partial charge in [-0.3, -0.25) is 4.79 Å². The van der Waals surface area contributed by atoms with Gasteiger partial charge in [-0.1, -0.05) is 6.92 Å². The molecule has 36 heavy (non-hydrogen) atoms. The van der Waals surface area contributed by atoms with Gasteiger partial charge >= 0.3 is 57.1 Å². The average molecular weight is 616 g/mol. The summed E-state index contributed by atoms with van der Waals surface area (Å²) in [5, 5.41) is -7.76. The van der Waals surface area contributed by atoms with Gasteiger partial charge < -0.3 is 0 Å². The van der Waals surface area contributed by atoms with Gasteiger partial charge in [0, 0.05) is 18.5 Å². The molecule has 0 bridgehead atoms. The van der Waals surface area contributed by atoms with Crippen molar-refractivity contribution < 1.29 is 91.5 Å². The largest absolute Gasteiger partial charge is 0.460 e. The van der Waals surface area contributed by atoms with Crippen LogP contribution in [-0.4, -0.2) is 66.9 Å². The Kier molecular flexibility index (Phi) is 9.46. The van der Waals surface area contributed by atoms with Gasteiger partial charge in [0.15, 0.2) is 0 Å². The van der Waals surface area contributed by atoms with Gasteiger partial charge in [0.25, 0.3) is 0 Å². The molecule has 0 atom stereocenters. The van der Waals surface area contributed by atoms with E-state index < -0.39 is 87.1 Å². The van der Waals surface area contributed by atoms with E-state index in [9.17, 15) is 87.8 Å². The second-order valence-corrected chi connectivity index (χ2v) is 9.02. The molecule has 0 heterocycles. The van der Waals surface area contributed by atoms with E-state index in [1.54, 1.807) is 0 Å². The van der Waals surface area contributed by atoms with Gasteiger partial charge in [-0.25, -0.2) is 0 Å². The normalized spacial score (nSPS) is 15.8. The van der Waals surface area contributed by atoms with Crippen molar-refractivity contribution in [1.82, 2.24) is 0 Å². The van der Waals surface area contributed by atoms with Gasteiger partial charge in [0.1, 0.15) is 5.78 Å². The number of carbonyl (C=O) groups excluding carboxylic acids is 1. The summed E-state index contributed by atoms with van der Waals surface area (Å²) in [5.41, 5.74) is 0. The fourth-order valence-corrected chi connectivity index (χ4v) is 3.61. The van der Waals surface area contributed by atoms with Gasteiger partial charge in [0.05, 0.1) is 5.75 Å². The van der Waals surface area contributed by atoms with E-state index >= 15 is 0 Å². The van der Waals surface area contributed by atoms with Crippen LogP contribution in [0.2, 0.25) is 0 Å². The Morgan fingerprint density at radius 2 is 0.972 bits per heavy atom. The maximum Gasteiger partial charge on any atom is 0.460 e. The lowest BCUT2D eigenvalue weighted by Gasteiger charge is -2.42. The van der Waals surface area contributed by atoms with Crippen LogP contribution in [0.15, 0.2) is 0 Å². The molecule has 216 valence electrons. The highest BCUT2D eigenvalue weighted by Crippen LogP contribution is 2.64. The van der Waals surface area contributed by atoms with Crippen LogP contribution in [0.5, 0.6) is 0 Å². The van der Waals surface area contributed by atoms with Gasteiger partial charge in [-0.2, -0.15) is 86.7 Å². The third-order valence-electron chi connectivity index (χ3n) is 3.89. The standard InChI is InChI=1S/C13H9F17O4S2/c1-2-3-5(31)4-35-34-36(32,33)13(29,30)11(24,25)9(20,21)7(16,17)6(14,15)8(18,19)10(22,23)12(26,27)28/h2-4H2,1H3. The van der Waals surface area contributed by atoms with Crippen LogP contribution < -0.4 is 0 Å². The molecule has 0 aromatic rings. The fourth-order valence-electron chi connectivity index (χ4n) is 1.85. The van der Waals surface area contributed by atoms with Crippen molar-refractivity contribution in [2.75, 3.05) is 5.75 Å². The smallest absolute Gasteiger partial charge is 0.299 e. The molecule has 0 spiro atoms. The van der Waals surface area contributed by atoms with Gasteiger partial charge in [-0.05, 0) is 6.42 Å². The third-order valence-corrected chi connectivity index (χ3v) is 6.32. The lowest BCUT2D eigenvalue weighted by atomic mass is 9.91. The topological polar surface area (TPSA) is 60.4 Å². The maximum atomic E-state index is 13.7. The Morgan fingerprint density at radius 3 is 1.31 bits per heavy atom. The zero-order valence-electron chi connectivity index (χ0n) is 16.5. The summed E-state index contributed by atoms with van der Waals surface area (Å²) in [7, 11) is -7.65. The van der Waals surface area contributed by atoms with E-state index in [2.05, 4.69) is 3.63 Å². The first-order valence-corrected chi connectivity index (χ1v) is 10.6. The van der Waals surface area contributed by atoms with Crippen LogP contribution in [0.4, 0.5) is 74.6 Å². The van der Waals surface area contributed by atoms with Gasteiger partial charge in [-0.15, -0.1) is 0 Å². The molecule has 0 radical (unpaired) electrons. The number of hydrogen-bond donors (Lipinski definition) is 0. The van der Waals surface area contributed by atoms with E-state index in [1.165, 1.54) is 6.92 Å². The molecule has 0 aliphatic heterocycles. The molecule has 0 aromatic heterocycles. The second kappa shape index (κ2) is 9.80. The van der Waals surface area contributed by atoms with Crippen LogP contribution in [0.25, 0.3) is 0 Å². The number of alkyl halides is 17. The van der Waals surface area contributed by atoms with Crippen LogP contribution in [0, 0.1) is 0 Å². The van der Waals surface area contributed by atoms with E-state index in [0.717, 1.165) is 0 Å². The molecule has 0 aromatic carbocycles. The predicted octanol–water partition coefficient (Wildman–Crippen LogP) is 6.32. The molecule has 0 rings (SSSR count). The summed E-state index contributed by atoms with van der Waals surface area (Å²) in [6, 6.07) is 0. The minimum Gasteiger partial charge on any atom is -0.299 e. The number of Topliss-reactive ketones (excluding diaryl/α,β-unsaturated/α-hetero) is 1. The predicted molar refractivity (Wildman–Crippen MR) is 83.1 cm³/mol. The Morgan fingerprint density at radius 1 is 0.639 bits per heavy atom. The molecule has 0 saturated heterocycles. The number of hydrogen-bond acceptors (Lipinski definition) is 5. The second-order valence-electron chi connectivity index (χ2n) is 6.53. The molecule has 0 fully saturated rings. The van der Waals surface area contributed by atoms with Crippen LogP contribution >= 0.6 is 12.0 Å². The zero-order chi connectivity index (χ0) is 29.6. The summed E-state index contributed by atoms with van der Waals surface area (Å²) in [6.45, 7) is 1.33. The highest BCUT2D eigenvalue weighted by molar-refractivity contribution is 8.05. The maximum absolute atomic E-state index is 13.7. The molecular weight excluding hydrogens is 607 g/mol. The van der Waals surface area contributed by atoms with Crippen molar-refractivity contribution in [2.24, 2.45) is 0 Å². The molecular formula is C13H9F17O4S2. The lowest BCUT2D eigenvalue weighted by Crippen LogP contribution is -2.75. The molecule has 0 amide bonds. The minimum absolute atomic E-state index is 0.0356. The highest BCUT2D eigenvalue weighted by Gasteiger charge is 2.96. The summed E-state index contributed by atoms with van der Waals surface area (Å²) in [6.07, 6.45) is -8.28. The molecule has 0 aliphatic carbocycles. The Labute approximate surface area is 192 Å². The fraction of sp³-hybridized carbons (Fsp3) is 0.923. The molecule has 0 N–H and O–H groups in total. The van der Waals surface area contributed by atoms with Crippen molar-refractivity contribution in [3.8, 4) is 0 Å². The van der Waals surface area contributed by atoms with Crippen molar-refractivity contribution in [3.63, 3.8) is 0 Å². The number of ketones is 1. The number of rotatable bonds is 13. The molecule has 4 nitrogen and oxygen atoms in total. The van der Waals surface area contributed by atoms with E-state index in [1.807, 2.05) is 0 Å². The van der Waals surface area contributed by atoms with Gasteiger partial charge in [0.2, 0.25) is 0 Å².